The summed E-state index contributed by atoms with van der Waals surface area (Å²) in [6.45, 7) is 10.5. The van der Waals surface area contributed by atoms with Gasteiger partial charge in [-0.2, -0.15) is 0 Å². The number of hydrogen-bond acceptors (Lipinski definition) is 3. The maximum Gasteiger partial charge on any atom is 0.171 e. The summed E-state index contributed by atoms with van der Waals surface area (Å²) in [6.07, 6.45) is 0.947. The summed E-state index contributed by atoms with van der Waals surface area (Å²) in [7, 11) is 0. The Kier molecular flexibility index (Phi) is 4.09. The molecule has 0 amide bonds. The van der Waals surface area contributed by atoms with Crippen LogP contribution >= 0.6 is 11.6 Å². The summed E-state index contributed by atoms with van der Waals surface area (Å²) in [6, 6.07) is 0. The SMILES string of the molecule is C=C(CC)CNc1nc(C)c(C)nc1Cl. The number of anilines is 1. The molecule has 0 bridgehead atoms. The van der Waals surface area contributed by atoms with Crippen molar-refractivity contribution in [2.24, 2.45) is 0 Å². The first-order chi connectivity index (χ1) is 7.04. The molecule has 1 aromatic rings. The summed E-state index contributed by atoms with van der Waals surface area (Å²) >= 11 is 5.96. The number of nitrogens with zero attached hydrogens (tertiary/aromatic N) is 2. The lowest BCUT2D eigenvalue weighted by atomic mass is 10.2. The molecule has 0 aliphatic carbocycles. The molecule has 1 rings (SSSR count). The lowest BCUT2D eigenvalue weighted by Crippen LogP contribution is -2.08. The van der Waals surface area contributed by atoms with Gasteiger partial charge < -0.3 is 5.32 Å². The molecule has 82 valence electrons. The number of nitrogens with one attached hydrogen (secondary N) is 1. The quantitative estimate of drug-likeness (QED) is 0.801. The molecule has 0 radical (unpaired) electrons. The normalized spacial score (nSPS) is 10.1. The average molecular weight is 226 g/mol. The minimum Gasteiger partial charge on any atom is -0.364 e. The topological polar surface area (TPSA) is 37.8 Å². The van der Waals surface area contributed by atoms with Gasteiger partial charge in [-0.3, -0.25) is 0 Å². The van der Waals surface area contributed by atoms with Crippen molar-refractivity contribution in [3.05, 3.63) is 28.7 Å². The van der Waals surface area contributed by atoms with E-state index in [4.69, 9.17) is 11.6 Å². The number of halogens is 1. The molecule has 15 heavy (non-hydrogen) atoms. The smallest absolute Gasteiger partial charge is 0.171 e. The van der Waals surface area contributed by atoms with Gasteiger partial charge in [0.25, 0.3) is 0 Å². The predicted molar refractivity (Wildman–Crippen MR) is 64.4 cm³/mol. The molecule has 0 saturated carbocycles. The van der Waals surface area contributed by atoms with Crippen LogP contribution in [0.5, 0.6) is 0 Å². The van der Waals surface area contributed by atoms with Crippen LogP contribution in [0.25, 0.3) is 0 Å². The van der Waals surface area contributed by atoms with E-state index >= 15 is 0 Å². The Bertz CT molecular complexity index is 374. The van der Waals surface area contributed by atoms with Crippen LogP contribution in [0.2, 0.25) is 5.15 Å². The van der Waals surface area contributed by atoms with Crippen molar-refractivity contribution >= 4 is 17.4 Å². The fraction of sp³-hybridized carbons (Fsp3) is 0.455. The van der Waals surface area contributed by atoms with E-state index in [9.17, 15) is 0 Å². The van der Waals surface area contributed by atoms with E-state index in [1.807, 2.05) is 13.8 Å². The van der Waals surface area contributed by atoms with Gasteiger partial charge in [0.15, 0.2) is 11.0 Å². The first kappa shape index (κ1) is 12.0. The van der Waals surface area contributed by atoms with Gasteiger partial charge in [-0.25, -0.2) is 9.97 Å². The molecule has 0 atom stereocenters. The van der Waals surface area contributed by atoms with E-state index in [0.717, 1.165) is 23.4 Å². The number of rotatable bonds is 4. The zero-order valence-corrected chi connectivity index (χ0v) is 10.1. The Hall–Kier alpha value is -1.09. The zero-order valence-electron chi connectivity index (χ0n) is 9.39. The van der Waals surface area contributed by atoms with Crippen molar-refractivity contribution in [2.75, 3.05) is 11.9 Å². The van der Waals surface area contributed by atoms with Gasteiger partial charge in [-0.1, -0.05) is 30.7 Å². The fourth-order valence-electron chi connectivity index (χ4n) is 1.02. The molecule has 1 aromatic heterocycles. The molecule has 0 fully saturated rings. The molecule has 0 spiro atoms. The van der Waals surface area contributed by atoms with Gasteiger partial charge in [0, 0.05) is 6.54 Å². The minimum absolute atomic E-state index is 0.419. The monoisotopic (exact) mass is 225 g/mol. The molecule has 0 unspecified atom stereocenters. The zero-order chi connectivity index (χ0) is 11.4. The predicted octanol–water partition coefficient (Wildman–Crippen LogP) is 3.12. The van der Waals surface area contributed by atoms with Crippen LogP contribution < -0.4 is 5.32 Å². The van der Waals surface area contributed by atoms with Crippen LogP contribution in [0.15, 0.2) is 12.2 Å². The highest BCUT2D eigenvalue weighted by molar-refractivity contribution is 6.31. The van der Waals surface area contributed by atoms with E-state index in [-0.39, 0.29) is 0 Å². The lowest BCUT2D eigenvalue weighted by molar-refractivity contribution is 1.00. The van der Waals surface area contributed by atoms with Gasteiger partial charge in [0.05, 0.1) is 11.4 Å². The molecule has 1 heterocycles. The highest BCUT2D eigenvalue weighted by Gasteiger charge is 2.06. The fourth-order valence-corrected chi connectivity index (χ4v) is 1.26. The second-order valence-corrected chi connectivity index (χ2v) is 3.85. The Labute approximate surface area is 95.6 Å². The third-order valence-electron chi connectivity index (χ3n) is 2.27. The third-order valence-corrected chi connectivity index (χ3v) is 2.53. The maximum atomic E-state index is 5.96. The van der Waals surface area contributed by atoms with E-state index in [1.165, 1.54) is 0 Å². The molecule has 0 aliphatic heterocycles. The average Bonchev–Trinajstić information content (AvgIpc) is 2.21. The van der Waals surface area contributed by atoms with E-state index in [2.05, 4.69) is 28.8 Å². The van der Waals surface area contributed by atoms with Crippen LogP contribution in [0.1, 0.15) is 24.7 Å². The highest BCUT2D eigenvalue weighted by atomic mass is 35.5. The van der Waals surface area contributed by atoms with Crippen molar-refractivity contribution in [2.45, 2.75) is 27.2 Å². The molecule has 4 heteroatoms. The Morgan fingerprint density at radius 1 is 1.33 bits per heavy atom. The molecule has 0 aliphatic rings. The van der Waals surface area contributed by atoms with Crippen molar-refractivity contribution in [1.29, 1.82) is 0 Å². The third kappa shape index (κ3) is 3.20. The first-order valence-corrected chi connectivity index (χ1v) is 5.33. The maximum absolute atomic E-state index is 5.96. The Morgan fingerprint density at radius 2 is 1.93 bits per heavy atom. The second kappa shape index (κ2) is 5.12. The number of hydrogen-bond donors (Lipinski definition) is 1. The van der Waals surface area contributed by atoms with Gasteiger partial charge in [-0.15, -0.1) is 0 Å². The largest absolute Gasteiger partial charge is 0.364 e. The lowest BCUT2D eigenvalue weighted by Gasteiger charge is -2.09. The van der Waals surface area contributed by atoms with Crippen LogP contribution in [-0.2, 0) is 0 Å². The Balaban J connectivity index is 2.77. The number of aromatic nitrogens is 2. The van der Waals surface area contributed by atoms with Crippen molar-refractivity contribution in [3.63, 3.8) is 0 Å². The van der Waals surface area contributed by atoms with Gasteiger partial charge in [-0.05, 0) is 20.3 Å². The summed E-state index contributed by atoms with van der Waals surface area (Å²) in [4.78, 5) is 8.52. The van der Waals surface area contributed by atoms with E-state index in [0.29, 0.717) is 17.5 Å². The molecule has 0 aromatic carbocycles. The molecular weight excluding hydrogens is 210 g/mol. The summed E-state index contributed by atoms with van der Waals surface area (Å²) in [5, 5.41) is 3.55. The van der Waals surface area contributed by atoms with Gasteiger partial charge in [0.2, 0.25) is 0 Å². The second-order valence-electron chi connectivity index (χ2n) is 3.49. The van der Waals surface area contributed by atoms with Crippen molar-refractivity contribution in [1.82, 2.24) is 9.97 Å². The first-order valence-electron chi connectivity index (χ1n) is 4.95. The van der Waals surface area contributed by atoms with E-state index < -0.39 is 0 Å². The summed E-state index contributed by atoms with van der Waals surface area (Å²) in [5.74, 6) is 0.634. The van der Waals surface area contributed by atoms with Crippen LogP contribution in [0, 0.1) is 13.8 Å². The summed E-state index contributed by atoms with van der Waals surface area (Å²) < 4.78 is 0. The van der Waals surface area contributed by atoms with Crippen LogP contribution in [0.4, 0.5) is 5.82 Å². The Morgan fingerprint density at radius 3 is 2.53 bits per heavy atom. The molecular formula is C11H16ClN3. The van der Waals surface area contributed by atoms with Crippen LogP contribution in [-0.4, -0.2) is 16.5 Å². The minimum atomic E-state index is 0.419. The molecule has 0 saturated heterocycles. The van der Waals surface area contributed by atoms with Crippen molar-refractivity contribution < 1.29 is 0 Å². The van der Waals surface area contributed by atoms with Gasteiger partial charge >= 0.3 is 0 Å². The molecule has 3 nitrogen and oxygen atoms in total. The van der Waals surface area contributed by atoms with E-state index in [1.54, 1.807) is 0 Å². The standard InChI is InChI=1S/C11H16ClN3/c1-5-7(2)6-13-11-10(12)14-8(3)9(4)15-11/h2,5-6H2,1,3-4H3,(H,13,15). The number of aryl methyl sites for hydroxylation is 2. The highest BCUT2D eigenvalue weighted by Crippen LogP contribution is 2.18. The van der Waals surface area contributed by atoms with Crippen molar-refractivity contribution in [3.8, 4) is 0 Å². The molecule has 1 N–H and O–H groups in total. The summed E-state index contributed by atoms with van der Waals surface area (Å²) in [5.41, 5.74) is 2.87. The van der Waals surface area contributed by atoms with Crippen LogP contribution in [0.3, 0.4) is 0 Å². The van der Waals surface area contributed by atoms with Gasteiger partial charge in [0.1, 0.15) is 0 Å².